The molecule has 0 saturated heterocycles. The Morgan fingerprint density at radius 3 is 1.87 bits per heavy atom. The van der Waals surface area contributed by atoms with Crippen molar-refractivity contribution in [2.24, 2.45) is 29.0 Å². The maximum Gasteiger partial charge on any atom is 0.243 e. The van der Waals surface area contributed by atoms with E-state index >= 15 is 0 Å². The first-order chi connectivity index (χ1) is 36.6. The number of aromatic amines is 2. The fourth-order valence-corrected chi connectivity index (χ4v) is 8.58. The van der Waals surface area contributed by atoms with Crippen molar-refractivity contribution in [2.75, 3.05) is 18.6 Å². The Morgan fingerprint density at radius 2 is 1.23 bits per heavy atom. The Morgan fingerprint density at radius 1 is 0.623 bits per heavy atom. The minimum Gasteiger partial charge on any atom is -0.370 e. The number of rotatable bonds is 32. The fourth-order valence-electron chi connectivity index (χ4n) is 8.11. The molecule has 0 spiro atoms. The van der Waals surface area contributed by atoms with Gasteiger partial charge in [-0.15, -0.1) is 0 Å². The second-order valence-corrected chi connectivity index (χ2v) is 20.5. The molecule has 0 aliphatic rings. The van der Waals surface area contributed by atoms with Gasteiger partial charge in [0.1, 0.15) is 42.3 Å². The number of benzene rings is 2. The third-order valence-corrected chi connectivity index (χ3v) is 13.0. The number of nitrogens with zero attached hydrogens (tertiary/aromatic N) is 1. The molecule has 10 amide bonds. The lowest BCUT2D eigenvalue weighted by Gasteiger charge is -2.27. The van der Waals surface area contributed by atoms with Crippen molar-refractivity contribution in [1.82, 2.24) is 57.5 Å². The van der Waals surface area contributed by atoms with Crippen LogP contribution in [-0.2, 0) is 67.2 Å². The summed E-state index contributed by atoms with van der Waals surface area (Å²) in [7, 11) is 0. The van der Waals surface area contributed by atoms with Gasteiger partial charge in [0.25, 0.3) is 0 Å². The monoisotopic (exact) mass is 1090 g/mol. The SMILES string of the molecule is CSCCC(NC(=O)C(CC(C)C)NC(=O)C(Cc1cnc[nH]1)NC(=O)CNC(=O)C(NC(=O)C(C)NC(=O)C(Cc1c[nH]c2ccccc12)NC(=O)C(CCC(N)=O)NC(=O)C(N)Cc1ccccc1)C(C)C)C(N)=O. The molecule has 24 nitrogen and oxygen atoms in total. The van der Waals surface area contributed by atoms with E-state index in [0.717, 1.165) is 16.5 Å². The van der Waals surface area contributed by atoms with Crippen molar-refractivity contribution in [2.45, 2.75) is 128 Å². The number of thioether (sulfide) groups is 1. The van der Waals surface area contributed by atoms with E-state index in [0.29, 0.717) is 17.0 Å². The average Bonchev–Trinajstić information content (AvgIpc) is 4.07. The highest BCUT2D eigenvalue weighted by molar-refractivity contribution is 7.98. The molecule has 77 heavy (non-hydrogen) atoms. The molecule has 2 heterocycles. The summed E-state index contributed by atoms with van der Waals surface area (Å²) in [6.45, 7) is 7.70. The average molecular weight is 1090 g/mol. The number of hydrogen-bond acceptors (Lipinski definition) is 13. The van der Waals surface area contributed by atoms with Crippen LogP contribution in [0, 0.1) is 11.8 Å². The molecule has 0 aliphatic heterocycles. The zero-order valence-electron chi connectivity index (χ0n) is 44.2. The van der Waals surface area contributed by atoms with Crippen LogP contribution in [0.3, 0.4) is 0 Å². The summed E-state index contributed by atoms with van der Waals surface area (Å²) >= 11 is 1.47. The standard InChI is InChI=1S/C52H74N14O10S/c1-28(2)20-39(50(74)62-37(45(55)69)18-19-77-6)64-51(75)41(23-33-25-56-27-59-33)61-43(68)26-58-52(76)44(29(3)4)66-46(70)30(5)60-49(73)40(22-32-24-57-36-15-11-10-14-34(32)36)65-48(72)38(16-17-42(54)67)63-47(71)35(53)21-31-12-8-7-9-13-31/h7-15,24-25,27-30,35,37-41,44,57H,16-23,26,53H2,1-6H3,(H2,54,67)(H2,55,69)(H,56,59)(H,58,76)(H,60,73)(H,61,68)(H,62,74)(H,63,71)(H,64,75)(H,65,72)(H,66,70). The highest BCUT2D eigenvalue weighted by Crippen LogP contribution is 2.20. The number of fused-ring (bicyclic) bond motifs is 1. The van der Waals surface area contributed by atoms with Crippen LogP contribution in [0.1, 0.15) is 77.1 Å². The number of hydrogen-bond donors (Lipinski definition) is 13. The number of carbonyl (C=O) groups is 10. The summed E-state index contributed by atoms with van der Waals surface area (Å²) in [6.07, 6.45) is 6.28. The third kappa shape index (κ3) is 20.3. The second-order valence-electron chi connectivity index (χ2n) is 19.5. The number of aromatic nitrogens is 3. The Labute approximate surface area is 451 Å². The van der Waals surface area contributed by atoms with Gasteiger partial charge in [-0.2, -0.15) is 11.8 Å². The number of H-pyrrole nitrogens is 2. The van der Waals surface area contributed by atoms with Crippen LogP contribution in [0.5, 0.6) is 0 Å². The molecular weight excluding hydrogens is 1010 g/mol. The topological polar surface area (TPSA) is 389 Å². The fraction of sp³-hybridized carbons (Fsp3) is 0.481. The van der Waals surface area contributed by atoms with Gasteiger partial charge in [-0.25, -0.2) is 4.98 Å². The first kappa shape index (κ1) is 61.7. The van der Waals surface area contributed by atoms with Crippen LogP contribution >= 0.6 is 11.8 Å². The van der Waals surface area contributed by atoms with E-state index in [1.54, 1.807) is 50.4 Å². The molecule has 4 rings (SSSR count). The van der Waals surface area contributed by atoms with Gasteiger partial charge >= 0.3 is 0 Å². The second kappa shape index (κ2) is 30.7. The maximum absolute atomic E-state index is 14.2. The van der Waals surface area contributed by atoms with Crippen molar-refractivity contribution in [3.8, 4) is 0 Å². The van der Waals surface area contributed by atoms with Crippen molar-refractivity contribution < 1.29 is 47.9 Å². The molecule has 0 aliphatic carbocycles. The van der Waals surface area contributed by atoms with Gasteiger partial charge in [-0.3, -0.25) is 47.9 Å². The van der Waals surface area contributed by atoms with E-state index in [4.69, 9.17) is 17.2 Å². The number of carbonyl (C=O) groups excluding carboxylic acids is 10. The van der Waals surface area contributed by atoms with E-state index in [2.05, 4.69) is 57.5 Å². The molecule has 0 bridgehead atoms. The van der Waals surface area contributed by atoms with E-state index in [1.807, 2.05) is 44.4 Å². The molecule has 0 fully saturated rings. The normalized spacial score (nSPS) is 14.4. The van der Waals surface area contributed by atoms with Gasteiger partial charge in [-0.05, 0) is 73.6 Å². The van der Waals surface area contributed by atoms with E-state index in [1.165, 1.54) is 31.2 Å². The predicted octanol–water partition coefficient (Wildman–Crippen LogP) is -1.02. The molecule has 2 aromatic heterocycles. The summed E-state index contributed by atoms with van der Waals surface area (Å²) in [5.41, 5.74) is 19.8. The molecule has 0 saturated carbocycles. The molecule has 25 heteroatoms. The Kier molecular flexibility index (Phi) is 24.6. The van der Waals surface area contributed by atoms with Crippen molar-refractivity contribution in [3.05, 3.63) is 90.1 Å². The Balaban J connectivity index is 1.45. The van der Waals surface area contributed by atoms with E-state index in [9.17, 15) is 47.9 Å². The lowest BCUT2D eigenvalue weighted by molar-refractivity contribution is -0.135. The third-order valence-electron chi connectivity index (χ3n) is 12.3. The molecular formula is C52H74N14O10S. The zero-order valence-corrected chi connectivity index (χ0v) is 45.1. The number of primary amides is 2. The highest BCUT2D eigenvalue weighted by atomic mass is 32.2. The molecule has 16 N–H and O–H groups in total. The van der Waals surface area contributed by atoms with Gasteiger partial charge < -0.3 is 69.7 Å². The quantitative estimate of drug-likeness (QED) is 0.0279. The van der Waals surface area contributed by atoms with E-state index < -0.39 is 120 Å². The number of nitrogens with one attached hydrogen (secondary N) is 10. The summed E-state index contributed by atoms with van der Waals surface area (Å²) in [5, 5.41) is 21.7. The molecule has 2 aromatic carbocycles. The summed E-state index contributed by atoms with van der Waals surface area (Å²) < 4.78 is 0. The first-order valence-electron chi connectivity index (χ1n) is 25.3. The lowest BCUT2D eigenvalue weighted by atomic mass is 10.0. The first-order valence-corrected chi connectivity index (χ1v) is 26.7. The van der Waals surface area contributed by atoms with Gasteiger partial charge in [0.05, 0.1) is 18.9 Å². The summed E-state index contributed by atoms with van der Waals surface area (Å²) in [5.74, 6) is -7.59. The molecule has 4 aromatic rings. The predicted molar refractivity (Wildman–Crippen MR) is 290 cm³/mol. The maximum atomic E-state index is 14.2. The van der Waals surface area contributed by atoms with Crippen LogP contribution in [0.2, 0.25) is 0 Å². The lowest BCUT2D eigenvalue weighted by Crippen LogP contribution is -2.59. The smallest absolute Gasteiger partial charge is 0.243 e. The number of amides is 10. The van der Waals surface area contributed by atoms with Crippen LogP contribution in [0.4, 0.5) is 0 Å². The van der Waals surface area contributed by atoms with Gasteiger partial charge in [0.2, 0.25) is 59.1 Å². The van der Waals surface area contributed by atoms with Crippen molar-refractivity contribution in [1.29, 1.82) is 0 Å². The Bertz CT molecular complexity index is 2650. The van der Waals surface area contributed by atoms with Crippen LogP contribution in [0.15, 0.2) is 73.3 Å². The largest absolute Gasteiger partial charge is 0.370 e. The van der Waals surface area contributed by atoms with Crippen molar-refractivity contribution >= 4 is 81.7 Å². The molecule has 0 radical (unpaired) electrons. The van der Waals surface area contributed by atoms with Crippen LogP contribution < -0.4 is 59.7 Å². The van der Waals surface area contributed by atoms with Crippen molar-refractivity contribution in [3.63, 3.8) is 0 Å². The van der Waals surface area contributed by atoms with Crippen LogP contribution in [0.25, 0.3) is 10.9 Å². The molecule has 418 valence electrons. The van der Waals surface area contributed by atoms with Crippen LogP contribution in [-0.4, -0.2) is 141 Å². The zero-order chi connectivity index (χ0) is 56.8. The molecule has 8 atom stereocenters. The number of imidazole rings is 1. The summed E-state index contributed by atoms with van der Waals surface area (Å²) in [4.78, 5) is 144. The number of nitrogens with two attached hydrogens (primary N) is 3. The van der Waals surface area contributed by atoms with Gasteiger partial charge in [0.15, 0.2) is 0 Å². The van der Waals surface area contributed by atoms with E-state index in [-0.39, 0.29) is 50.9 Å². The summed E-state index contributed by atoms with van der Waals surface area (Å²) in [6, 6.07) is 6.58. The Hall–Kier alpha value is -7.80. The van der Waals surface area contributed by atoms with Gasteiger partial charge in [-0.1, -0.05) is 76.2 Å². The highest BCUT2D eigenvalue weighted by Gasteiger charge is 2.34. The van der Waals surface area contributed by atoms with Gasteiger partial charge in [0, 0.05) is 48.3 Å². The minimum atomic E-state index is -1.35. The number of para-hydroxylation sites is 1. The molecule has 8 unspecified atom stereocenters. The minimum absolute atomic E-state index is 0.0766.